The van der Waals surface area contributed by atoms with Crippen molar-refractivity contribution in [1.82, 2.24) is 4.90 Å². The van der Waals surface area contributed by atoms with Crippen LogP contribution in [0.25, 0.3) is 0 Å². The first kappa shape index (κ1) is 14.4. The van der Waals surface area contributed by atoms with Crippen LogP contribution in [-0.4, -0.2) is 55.0 Å². The van der Waals surface area contributed by atoms with Crippen molar-refractivity contribution in [2.45, 2.75) is 33.2 Å². The second kappa shape index (κ2) is 4.94. The van der Waals surface area contributed by atoms with Gasteiger partial charge in [0.2, 0.25) is 5.91 Å². The number of hydrogen-bond donors (Lipinski definition) is 1. The Morgan fingerprint density at radius 3 is 2.35 bits per heavy atom. The third kappa shape index (κ3) is 4.27. The molecular formula is C11H21NO4S. The van der Waals surface area contributed by atoms with Crippen LogP contribution in [0, 0.1) is 5.41 Å². The standard InChI is InChI=1S/C11H21NO4S/c1-11(2,3)8-12(10(14)6-13)9-4-5-17(15,16)7-9/h9,13H,4-8H2,1-3H3. The average Bonchev–Trinajstić information content (AvgIpc) is 2.52. The maximum Gasteiger partial charge on any atom is 0.248 e. The maximum absolute atomic E-state index is 11.7. The summed E-state index contributed by atoms with van der Waals surface area (Å²) >= 11 is 0. The van der Waals surface area contributed by atoms with E-state index in [-0.39, 0.29) is 28.9 Å². The molecule has 1 fully saturated rings. The summed E-state index contributed by atoms with van der Waals surface area (Å²) in [6, 6.07) is -0.279. The van der Waals surface area contributed by atoms with Crippen molar-refractivity contribution in [3.8, 4) is 0 Å². The summed E-state index contributed by atoms with van der Waals surface area (Å²) in [4.78, 5) is 13.2. The molecule has 0 bridgehead atoms. The van der Waals surface area contributed by atoms with Gasteiger partial charge in [-0.2, -0.15) is 0 Å². The third-order valence-electron chi connectivity index (χ3n) is 2.75. The molecule has 1 heterocycles. The largest absolute Gasteiger partial charge is 0.387 e. The van der Waals surface area contributed by atoms with Crippen LogP contribution in [0.2, 0.25) is 0 Å². The molecule has 1 rings (SSSR count). The van der Waals surface area contributed by atoms with E-state index in [9.17, 15) is 13.2 Å². The van der Waals surface area contributed by atoms with E-state index in [0.29, 0.717) is 13.0 Å². The smallest absolute Gasteiger partial charge is 0.248 e. The summed E-state index contributed by atoms with van der Waals surface area (Å²) in [6.07, 6.45) is 0.476. The van der Waals surface area contributed by atoms with Crippen LogP contribution in [0.1, 0.15) is 27.2 Å². The summed E-state index contributed by atoms with van der Waals surface area (Å²) < 4.78 is 22.8. The fraction of sp³-hybridized carbons (Fsp3) is 0.909. The fourth-order valence-electron chi connectivity index (χ4n) is 2.04. The van der Waals surface area contributed by atoms with E-state index < -0.39 is 16.4 Å². The highest BCUT2D eigenvalue weighted by atomic mass is 32.2. The van der Waals surface area contributed by atoms with Crippen LogP contribution in [0.15, 0.2) is 0 Å². The number of nitrogens with zero attached hydrogens (tertiary/aromatic N) is 1. The number of carbonyl (C=O) groups is 1. The Morgan fingerprint density at radius 2 is 2.00 bits per heavy atom. The van der Waals surface area contributed by atoms with E-state index in [1.807, 2.05) is 20.8 Å². The molecule has 1 aliphatic heterocycles. The molecule has 1 saturated heterocycles. The summed E-state index contributed by atoms with van der Waals surface area (Å²) in [7, 11) is -3.01. The highest BCUT2D eigenvalue weighted by Crippen LogP contribution is 2.23. The first-order valence-electron chi connectivity index (χ1n) is 5.75. The van der Waals surface area contributed by atoms with Crippen molar-refractivity contribution in [2.24, 2.45) is 5.41 Å². The number of sulfone groups is 1. The molecule has 0 aromatic rings. The zero-order valence-corrected chi connectivity index (χ0v) is 11.5. The predicted octanol–water partition coefficient (Wildman–Crippen LogP) is 0.0405. The van der Waals surface area contributed by atoms with E-state index in [0.717, 1.165) is 0 Å². The molecule has 0 saturated carbocycles. The highest BCUT2D eigenvalue weighted by molar-refractivity contribution is 7.91. The van der Waals surface area contributed by atoms with E-state index in [4.69, 9.17) is 5.11 Å². The van der Waals surface area contributed by atoms with Crippen LogP contribution in [0.5, 0.6) is 0 Å². The minimum absolute atomic E-state index is 0.0226. The van der Waals surface area contributed by atoms with Crippen molar-refractivity contribution in [2.75, 3.05) is 24.7 Å². The van der Waals surface area contributed by atoms with Crippen molar-refractivity contribution < 1.29 is 18.3 Å². The van der Waals surface area contributed by atoms with Crippen LogP contribution >= 0.6 is 0 Å². The van der Waals surface area contributed by atoms with Gasteiger partial charge in [-0.25, -0.2) is 8.42 Å². The second-order valence-electron chi connectivity index (χ2n) is 5.80. The first-order valence-corrected chi connectivity index (χ1v) is 7.57. The van der Waals surface area contributed by atoms with Crippen molar-refractivity contribution in [1.29, 1.82) is 0 Å². The number of hydrogen-bond acceptors (Lipinski definition) is 4. The minimum atomic E-state index is -3.01. The van der Waals surface area contributed by atoms with Gasteiger partial charge in [-0.15, -0.1) is 0 Å². The molecule has 1 unspecified atom stereocenters. The lowest BCUT2D eigenvalue weighted by molar-refractivity contribution is -0.137. The summed E-state index contributed by atoms with van der Waals surface area (Å²) in [5.74, 6) is -0.228. The Kier molecular flexibility index (Phi) is 4.19. The third-order valence-corrected chi connectivity index (χ3v) is 4.50. The lowest BCUT2D eigenvalue weighted by atomic mass is 9.95. The van der Waals surface area contributed by atoms with E-state index >= 15 is 0 Å². The van der Waals surface area contributed by atoms with Gasteiger partial charge in [0.25, 0.3) is 0 Å². The Hall–Kier alpha value is -0.620. The lowest BCUT2D eigenvalue weighted by Crippen LogP contribution is -2.46. The number of aliphatic hydroxyl groups excluding tert-OH is 1. The van der Waals surface area contributed by atoms with Gasteiger partial charge in [0.05, 0.1) is 11.5 Å². The fourth-order valence-corrected chi connectivity index (χ4v) is 3.77. The first-order chi connectivity index (χ1) is 7.64. The molecular weight excluding hydrogens is 242 g/mol. The van der Waals surface area contributed by atoms with Gasteiger partial charge in [-0.1, -0.05) is 20.8 Å². The number of aliphatic hydroxyl groups is 1. The zero-order valence-electron chi connectivity index (χ0n) is 10.6. The summed E-state index contributed by atoms with van der Waals surface area (Å²) in [5.41, 5.74) is -0.114. The molecule has 0 spiro atoms. The minimum Gasteiger partial charge on any atom is -0.387 e. The van der Waals surface area contributed by atoms with Gasteiger partial charge in [0, 0.05) is 12.6 Å². The number of amides is 1. The highest BCUT2D eigenvalue weighted by Gasteiger charge is 2.35. The zero-order chi connectivity index (χ0) is 13.3. The topological polar surface area (TPSA) is 74.7 Å². The Morgan fingerprint density at radius 1 is 1.41 bits per heavy atom. The number of carbonyl (C=O) groups excluding carboxylic acids is 1. The molecule has 1 amide bonds. The molecule has 1 atom stereocenters. The van der Waals surface area contributed by atoms with Crippen LogP contribution in [0.4, 0.5) is 0 Å². The Bertz CT molecular complexity index is 383. The summed E-state index contributed by atoms with van der Waals surface area (Å²) in [6.45, 7) is 5.84. The van der Waals surface area contributed by atoms with Crippen LogP contribution < -0.4 is 0 Å². The molecule has 6 heteroatoms. The maximum atomic E-state index is 11.7. The van der Waals surface area contributed by atoms with E-state index in [2.05, 4.69) is 0 Å². The number of rotatable bonds is 3. The molecule has 0 radical (unpaired) electrons. The van der Waals surface area contributed by atoms with Gasteiger partial charge in [-0.05, 0) is 11.8 Å². The molecule has 0 aromatic heterocycles. The normalized spacial score (nSPS) is 23.6. The van der Waals surface area contributed by atoms with Crippen molar-refractivity contribution in [3.63, 3.8) is 0 Å². The van der Waals surface area contributed by atoms with Crippen molar-refractivity contribution >= 4 is 15.7 Å². The van der Waals surface area contributed by atoms with Crippen LogP contribution in [-0.2, 0) is 14.6 Å². The van der Waals surface area contributed by atoms with Gasteiger partial charge in [-0.3, -0.25) is 4.79 Å². The molecule has 17 heavy (non-hydrogen) atoms. The van der Waals surface area contributed by atoms with E-state index in [1.165, 1.54) is 4.90 Å². The molecule has 0 aromatic carbocycles. The summed E-state index contributed by atoms with van der Waals surface area (Å²) in [5, 5.41) is 8.95. The van der Waals surface area contributed by atoms with Gasteiger partial charge in [0.15, 0.2) is 9.84 Å². The lowest BCUT2D eigenvalue weighted by Gasteiger charge is -2.33. The Balaban J connectivity index is 2.81. The molecule has 0 aliphatic carbocycles. The Labute approximate surface area is 103 Å². The molecule has 5 nitrogen and oxygen atoms in total. The second-order valence-corrected chi connectivity index (χ2v) is 8.03. The van der Waals surface area contributed by atoms with E-state index in [1.54, 1.807) is 0 Å². The monoisotopic (exact) mass is 263 g/mol. The van der Waals surface area contributed by atoms with Gasteiger partial charge >= 0.3 is 0 Å². The molecule has 1 N–H and O–H groups in total. The van der Waals surface area contributed by atoms with Crippen LogP contribution in [0.3, 0.4) is 0 Å². The SMILES string of the molecule is CC(C)(C)CN(C(=O)CO)C1CCS(=O)(=O)C1. The average molecular weight is 263 g/mol. The molecule has 1 aliphatic rings. The predicted molar refractivity (Wildman–Crippen MR) is 65.3 cm³/mol. The van der Waals surface area contributed by atoms with Crippen molar-refractivity contribution in [3.05, 3.63) is 0 Å². The van der Waals surface area contributed by atoms with Gasteiger partial charge < -0.3 is 10.0 Å². The quantitative estimate of drug-likeness (QED) is 0.780. The molecule has 100 valence electrons. The van der Waals surface area contributed by atoms with Gasteiger partial charge in [0.1, 0.15) is 6.61 Å².